The van der Waals surface area contributed by atoms with Crippen LogP contribution in [0.1, 0.15) is 45.0 Å². The molecule has 1 aromatic rings. The Hall–Kier alpha value is -1.35. The monoisotopic (exact) mass is 278 g/mol. The van der Waals surface area contributed by atoms with Crippen LogP contribution in [0.25, 0.3) is 0 Å². The molecule has 0 fully saturated rings. The topological polar surface area (TPSA) is 46.5 Å². The fourth-order valence-corrected chi connectivity index (χ4v) is 2.95. The number of ether oxygens (including phenoxy) is 1. The minimum absolute atomic E-state index is 0.0232. The van der Waals surface area contributed by atoms with E-state index in [1.165, 1.54) is 0 Å². The van der Waals surface area contributed by atoms with Gasteiger partial charge in [-0.25, -0.2) is 0 Å². The Kier molecular flexibility index (Phi) is 4.98. The number of hydrogen-bond donors (Lipinski definition) is 1. The van der Waals surface area contributed by atoms with Gasteiger partial charge >= 0.3 is 0 Å². The highest BCUT2D eigenvalue weighted by atomic mass is 16.5. The molecule has 0 aromatic heterocycles. The van der Waals surface area contributed by atoms with Crippen LogP contribution < -0.4 is 4.74 Å². The first-order valence-electron chi connectivity index (χ1n) is 6.92. The van der Waals surface area contributed by atoms with Crippen LogP contribution >= 0.6 is 0 Å². The van der Waals surface area contributed by atoms with Gasteiger partial charge in [-0.05, 0) is 23.0 Å². The van der Waals surface area contributed by atoms with Crippen molar-refractivity contribution in [1.82, 2.24) is 0 Å². The molecule has 3 nitrogen and oxygen atoms in total. The Morgan fingerprint density at radius 2 is 1.85 bits per heavy atom. The third kappa shape index (κ3) is 3.60. The van der Waals surface area contributed by atoms with Gasteiger partial charge < -0.3 is 9.84 Å². The summed E-state index contributed by atoms with van der Waals surface area (Å²) >= 11 is 0. The zero-order chi connectivity index (χ0) is 15.6. The summed E-state index contributed by atoms with van der Waals surface area (Å²) in [6.45, 7) is 9.94. The Labute approximate surface area is 122 Å². The van der Waals surface area contributed by atoms with Crippen molar-refractivity contribution in [2.75, 3.05) is 13.7 Å². The summed E-state index contributed by atoms with van der Waals surface area (Å²) in [5.41, 5.74) is -0.0732. The summed E-state index contributed by atoms with van der Waals surface area (Å²) in [5.74, 6) is 0.452. The Morgan fingerprint density at radius 3 is 2.30 bits per heavy atom. The maximum absolute atomic E-state index is 12.9. The molecule has 1 atom stereocenters. The number of benzene rings is 1. The average Bonchev–Trinajstić information content (AvgIpc) is 2.36. The SMILES string of the molecule is COc1cccc(C(=O)C(C(C)(C)C)C(C)(C)CO)c1. The number of carbonyl (C=O) groups is 1. The second kappa shape index (κ2) is 5.96. The summed E-state index contributed by atoms with van der Waals surface area (Å²) in [5, 5.41) is 9.65. The summed E-state index contributed by atoms with van der Waals surface area (Å²) < 4.78 is 5.18. The van der Waals surface area contributed by atoms with Crippen molar-refractivity contribution in [3.05, 3.63) is 29.8 Å². The van der Waals surface area contributed by atoms with E-state index in [0.29, 0.717) is 11.3 Å². The molecule has 0 spiro atoms. The highest BCUT2D eigenvalue weighted by Crippen LogP contribution is 2.42. The smallest absolute Gasteiger partial charge is 0.167 e. The van der Waals surface area contributed by atoms with Crippen molar-refractivity contribution in [2.45, 2.75) is 34.6 Å². The lowest BCUT2D eigenvalue weighted by atomic mass is 9.63. The Balaban J connectivity index is 3.24. The van der Waals surface area contributed by atoms with E-state index in [0.717, 1.165) is 0 Å². The number of carbonyl (C=O) groups excluding carboxylic acids is 1. The quantitative estimate of drug-likeness (QED) is 0.838. The van der Waals surface area contributed by atoms with Gasteiger partial charge in [0.05, 0.1) is 7.11 Å². The van der Waals surface area contributed by atoms with E-state index in [9.17, 15) is 9.90 Å². The zero-order valence-electron chi connectivity index (χ0n) is 13.4. The van der Waals surface area contributed by atoms with Crippen molar-refractivity contribution in [1.29, 1.82) is 0 Å². The standard InChI is InChI=1S/C17H26O3/c1-16(2,3)15(17(4,5)11-18)14(19)12-8-7-9-13(10-12)20-6/h7-10,15,18H,11H2,1-6H3. The summed E-state index contributed by atoms with van der Waals surface area (Å²) in [6.07, 6.45) is 0. The molecule has 0 saturated heterocycles. The van der Waals surface area contributed by atoms with Gasteiger partial charge in [0.25, 0.3) is 0 Å². The van der Waals surface area contributed by atoms with Gasteiger partial charge in [0.15, 0.2) is 5.78 Å². The van der Waals surface area contributed by atoms with Crippen LogP contribution in [0.2, 0.25) is 0 Å². The molecule has 0 aliphatic carbocycles. The Morgan fingerprint density at radius 1 is 1.25 bits per heavy atom. The molecule has 0 aliphatic rings. The molecule has 0 radical (unpaired) electrons. The first-order valence-corrected chi connectivity index (χ1v) is 6.92. The van der Waals surface area contributed by atoms with Crippen LogP contribution in [0.15, 0.2) is 24.3 Å². The first kappa shape index (κ1) is 16.7. The molecule has 0 aliphatic heterocycles. The number of methoxy groups -OCH3 is 1. The predicted molar refractivity (Wildman–Crippen MR) is 81.1 cm³/mol. The molecule has 112 valence electrons. The third-order valence-electron chi connectivity index (χ3n) is 3.67. The molecule has 1 rings (SSSR count). The van der Waals surface area contributed by atoms with Gasteiger partial charge in [-0.2, -0.15) is 0 Å². The number of rotatable bonds is 5. The molecule has 0 bridgehead atoms. The van der Waals surface area contributed by atoms with Crippen LogP contribution in [-0.4, -0.2) is 24.6 Å². The molecular weight excluding hydrogens is 252 g/mol. The van der Waals surface area contributed by atoms with Crippen molar-refractivity contribution >= 4 is 5.78 Å². The van der Waals surface area contributed by atoms with E-state index in [1.54, 1.807) is 19.2 Å². The number of Topliss-reactive ketones (excluding diaryl/α,β-unsaturated/α-hetero) is 1. The molecule has 0 saturated carbocycles. The number of ketones is 1. The first-order chi connectivity index (χ1) is 9.13. The summed E-state index contributed by atoms with van der Waals surface area (Å²) in [4.78, 5) is 12.9. The van der Waals surface area contributed by atoms with Crippen LogP contribution in [0.4, 0.5) is 0 Å². The predicted octanol–water partition coefficient (Wildman–Crippen LogP) is 3.56. The number of hydrogen-bond acceptors (Lipinski definition) is 3. The van der Waals surface area contributed by atoms with Crippen molar-refractivity contribution < 1.29 is 14.6 Å². The highest BCUT2D eigenvalue weighted by molar-refractivity contribution is 5.99. The fourth-order valence-electron chi connectivity index (χ4n) is 2.95. The second-order valence-corrected chi connectivity index (χ2v) is 7.04. The number of aliphatic hydroxyl groups excluding tert-OH is 1. The van der Waals surface area contributed by atoms with Crippen LogP contribution in [-0.2, 0) is 0 Å². The van der Waals surface area contributed by atoms with Gasteiger partial charge in [0.2, 0.25) is 0 Å². The van der Waals surface area contributed by atoms with E-state index < -0.39 is 5.41 Å². The van der Waals surface area contributed by atoms with E-state index >= 15 is 0 Å². The van der Waals surface area contributed by atoms with E-state index in [2.05, 4.69) is 0 Å². The number of aliphatic hydroxyl groups is 1. The van der Waals surface area contributed by atoms with Gasteiger partial charge in [-0.15, -0.1) is 0 Å². The largest absolute Gasteiger partial charge is 0.497 e. The lowest BCUT2D eigenvalue weighted by molar-refractivity contribution is 0.0281. The molecule has 0 amide bonds. The second-order valence-electron chi connectivity index (χ2n) is 7.04. The lowest BCUT2D eigenvalue weighted by Gasteiger charge is -2.40. The van der Waals surface area contributed by atoms with Crippen molar-refractivity contribution in [3.63, 3.8) is 0 Å². The third-order valence-corrected chi connectivity index (χ3v) is 3.67. The van der Waals surface area contributed by atoms with Gasteiger partial charge in [-0.3, -0.25) is 4.79 Å². The molecule has 1 N–H and O–H groups in total. The average molecular weight is 278 g/mol. The normalized spacial score (nSPS) is 13.9. The molecule has 1 unspecified atom stereocenters. The minimum Gasteiger partial charge on any atom is -0.497 e. The highest BCUT2D eigenvalue weighted by Gasteiger charge is 2.42. The van der Waals surface area contributed by atoms with Gasteiger partial charge in [-0.1, -0.05) is 46.8 Å². The molecule has 20 heavy (non-hydrogen) atoms. The lowest BCUT2D eigenvalue weighted by Crippen LogP contribution is -2.42. The molecule has 0 heterocycles. The van der Waals surface area contributed by atoms with Gasteiger partial charge in [0.1, 0.15) is 5.75 Å². The fraction of sp³-hybridized carbons (Fsp3) is 0.588. The van der Waals surface area contributed by atoms with Crippen LogP contribution in [0.3, 0.4) is 0 Å². The van der Waals surface area contributed by atoms with Crippen LogP contribution in [0.5, 0.6) is 5.75 Å². The maximum Gasteiger partial charge on any atom is 0.167 e. The molecular formula is C17H26O3. The van der Waals surface area contributed by atoms with Crippen molar-refractivity contribution in [2.24, 2.45) is 16.7 Å². The maximum atomic E-state index is 12.9. The van der Waals surface area contributed by atoms with E-state index in [-0.39, 0.29) is 23.7 Å². The zero-order valence-corrected chi connectivity index (χ0v) is 13.4. The van der Waals surface area contributed by atoms with E-state index in [4.69, 9.17) is 4.74 Å². The van der Waals surface area contributed by atoms with E-state index in [1.807, 2.05) is 46.8 Å². The van der Waals surface area contributed by atoms with Crippen LogP contribution in [0, 0.1) is 16.7 Å². The summed E-state index contributed by atoms with van der Waals surface area (Å²) in [7, 11) is 1.59. The van der Waals surface area contributed by atoms with Gasteiger partial charge in [0, 0.05) is 18.1 Å². The van der Waals surface area contributed by atoms with Crippen molar-refractivity contribution in [3.8, 4) is 5.75 Å². The minimum atomic E-state index is -0.474. The summed E-state index contributed by atoms with van der Waals surface area (Å²) in [6, 6.07) is 7.20. The molecule has 1 aromatic carbocycles. The molecule has 3 heteroatoms. The Bertz CT molecular complexity index is 469.